The molecule has 0 fully saturated rings. The van der Waals surface area contributed by atoms with Gasteiger partial charge in [-0.05, 0) is 47.9 Å². The van der Waals surface area contributed by atoms with Gasteiger partial charge >= 0.3 is 0 Å². The lowest BCUT2D eigenvalue weighted by Gasteiger charge is -2.14. The topological polar surface area (TPSA) is 71.1 Å². The number of nitrogens with zero attached hydrogens (tertiary/aromatic N) is 1. The number of rotatable bonds is 8. The molecule has 0 aliphatic heterocycles. The van der Waals surface area contributed by atoms with Gasteiger partial charge in [0.15, 0.2) is 0 Å². The third kappa shape index (κ3) is 5.63. The highest BCUT2D eigenvalue weighted by Gasteiger charge is 2.10. The van der Waals surface area contributed by atoms with Crippen LogP contribution in [0.5, 0.6) is 5.75 Å². The third-order valence-corrected chi connectivity index (χ3v) is 4.46. The standard InChI is InChI=1S/C25H25N3O/c1-2-14-28-25-16-23(29-18-20-6-4-3-5-7-20)12-13-24(25)21(17-26)15-19-8-10-22(27)11-9-19/h3-13,15-16,28H,2,14,18,27H2,1H3/b21-15+. The number of nitrogens with two attached hydrogens (primary N) is 1. The Labute approximate surface area is 172 Å². The van der Waals surface area contributed by atoms with Crippen molar-refractivity contribution in [1.82, 2.24) is 0 Å². The summed E-state index contributed by atoms with van der Waals surface area (Å²) < 4.78 is 5.96. The molecule has 3 aromatic rings. The first kappa shape index (κ1) is 20.0. The van der Waals surface area contributed by atoms with E-state index in [1.807, 2.05) is 78.9 Å². The first-order valence-corrected chi connectivity index (χ1v) is 9.72. The maximum absolute atomic E-state index is 9.76. The molecule has 4 nitrogen and oxygen atoms in total. The van der Waals surface area contributed by atoms with Crippen molar-refractivity contribution in [1.29, 1.82) is 5.26 Å². The molecule has 0 aliphatic carbocycles. The van der Waals surface area contributed by atoms with E-state index in [4.69, 9.17) is 10.5 Å². The van der Waals surface area contributed by atoms with Gasteiger partial charge in [-0.25, -0.2) is 0 Å². The fraction of sp³-hybridized carbons (Fsp3) is 0.160. The lowest BCUT2D eigenvalue weighted by Crippen LogP contribution is -2.04. The van der Waals surface area contributed by atoms with Crippen LogP contribution in [-0.2, 0) is 6.61 Å². The van der Waals surface area contributed by atoms with Crippen LogP contribution in [0, 0.1) is 11.3 Å². The maximum Gasteiger partial charge on any atom is 0.121 e. The van der Waals surface area contributed by atoms with E-state index in [2.05, 4.69) is 18.3 Å². The summed E-state index contributed by atoms with van der Waals surface area (Å²) in [6.07, 6.45) is 2.86. The minimum atomic E-state index is 0.500. The largest absolute Gasteiger partial charge is 0.489 e. The Kier molecular flexibility index (Phi) is 6.91. The molecule has 0 aliphatic rings. The van der Waals surface area contributed by atoms with Crippen LogP contribution in [0.1, 0.15) is 30.0 Å². The quantitative estimate of drug-likeness (QED) is 0.296. The van der Waals surface area contributed by atoms with E-state index in [1.165, 1.54) is 0 Å². The zero-order chi connectivity index (χ0) is 20.5. The van der Waals surface area contributed by atoms with Gasteiger partial charge in [0.05, 0.1) is 11.6 Å². The van der Waals surface area contributed by atoms with Gasteiger partial charge in [0, 0.05) is 29.5 Å². The van der Waals surface area contributed by atoms with Crippen LogP contribution in [0.25, 0.3) is 11.6 Å². The Hall–Kier alpha value is -3.71. The first-order chi connectivity index (χ1) is 14.2. The minimum Gasteiger partial charge on any atom is -0.489 e. The molecule has 3 aromatic carbocycles. The van der Waals surface area contributed by atoms with Gasteiger partial charge in [-0.2, -0.15) is 5.26 Å². The van der Waals surface area contributed by atoms with E-state index in [1.54, 1.807) is 0 Å². The molecule has 3 rings (SSSR count). The molecule has 0 aromatic heterocycles. The zero-order valence-corrected chi connectivity index (χ0v) is 16.6. The second kappa shape index (κ2) is 10.0. The number of anilines is 2. The summed E-state index contributed by atoms with van der Waals surface area (Å²) in [7, 11) is 0. The minimum absolute atomic E-state index is 0.500. The second-order valence-corrected chi connectivity index (χ2v) is 6.74. The summed E-state index contributed by atoms with van der Waals surface area (Å²) >= 11 is 0. The summed E-state index contributed by atoms with van der Waals surface area (Å²) in [5.41, 5.74) is 10.8. The Morgan fingerprint density at radius 1 is 1.07 bits per heavy atom. The molecule has 0 heterocycles. The molecule has 0 amide bonds. The summed E-state index contributed by atoms with van der Waals surface area (Å²) in [5.74, 6) is 0.765. The van der Waals surface area contributed by atoms with E-state index in [0.29, 0.717) is 17.9 Å². The number of allylic oxidation sites excluding steroid dienone is 1. The van der Waals surface area contributed by atoms with E-state index in [9.17, 15) is 5.26 Å². The molecule has 4 heteroatoms. The molecule has 0 radical (unpaired) electrons. The molecule has 0 atom stereocenters. The lowest BCUT2D eigenvalue weighted by molar-refractivity contribution is 0.306. The molecule has 0 saturated carbocycles. The smallest absolute Gasteiger partial charge is 0.121 e. The van der Waals surface area contributed by atoms with Crippen LogP contribution < -0.4 is 15.8 Å². The molecule has 3 N–H and O–H groups in total. The van der Waals surface area contributed by atoms with Crippen LogP contribution in [0.3, 0.4) is 0 Å². The number of ether oxygens (including phenoxy) is 1. The number of nitrogen functional groups attached to an aromatic ring is 1. The predicted octanol–water partition coefficient (Wildman–Crippen LogP) is 5.73. The van der Waals surface area contributed by atoms with Crippen LogP contribution in [-0.4, -0.2) is 6.54 Å². The monoisotopic (exact) mass is 383 g/mol. The average molecular weight is 383 g/mol. The van der Waals surface area contributed by atoms with E-state index >= 15 is 0 Å². The van der Waals surface area contributed by atoms with Crippen LogP contribution in [0.4, 0.5) is 11.4 Å². The van der Waals surface area contributed by atoms with Crippen molar-refractivity contribution in [2.75, 3.05) is 17.6 Å². The van der Waals surface area contributed by atoms with Gasteiger partial charge in [-0.15, -0.1) is 0 Å². The molecule has 146 valence electrons. The normalized spacial score (nSPS) is 11.0. The van der Waals surface area contributed by atoms with Crippen molar-refractivity contribution in [2.24, 2.45) is 0 Å². The highest BCUT2D eigenvalue weighted by atomic mass is 16.5. The highest BCUT2D eigenvalue weighted by molar-refractivity contribution is 5.94. The SMILES string of the molecule is CCCNc1cc(OCc2ccccc2)ccc1/C(C#N)=C/c1ccc(N)cc1. The fourth-order valence-corrected chi connectivity index (χ4v) is 2.92. The van der Waals surface area contributed by atoms with Crippen molar-refractivity contribution >= 4 is 23.0 Å². The summed E-state index contributed by atoms with van der Waals surface area (Å²) in [5, 5.41) is 13.2. The number of nitriles is 1. The summed E-state index contributed by atoms with van der Waals surface area (Å²) in [6, 6.07) is 25.7. The van der Waals surface area contributed by atoms with Gasteiger partial charge in [0.1, 0.15) is 12.4 Å². The van der Waals surface area contributed by atoms with E-state index < -0.39 is 0 Å². The number of hydrogen-bond acceptors (Lipinski definition) is 4. The molecule has 0 unspecified atom stereocenters. The van der Waals surface area contributed by atoms with Crippen molar-refractivity contribution < 1.29 is 4.74 Å². The Morgan fingerprint density at radius 3 is 2.52 bits per heavy atom. The Balaban J connectivity index is 1.87. The molecule has 0 saturated heterocycles. The highest BCUT2D eigenvalue weighted by Crippen LogP contribution is 2.30. The summed E-state index contributed by atoms with van der Waals surface area (Å²) in [4.78, 5) is 0. The molecule has 0 spiro atoms. The van der Waals surface area contributed by atoms with Crippen LogP contribution in [0.15, 0.2) is 72.8 Å². The predicted molar refractivity (Wildman–Crippen MR) is 120 cm³/mol. The van der Waals surface area contributed by atoms with Gasteiger partial charge in [0.2, 0.25) is 0 Å². The molecule has 29 heavy (non-hydrogen) atoms. The van der Waals surface area contributed by atoms with Crippen molar-refractivity contribution in [3.05, 3.63) is 89.5 Å². The Morgan fingerprint density at radius 2 is 1.83 bits per heavy atom. The van der Waals surface area contributed by atoms with E-state index in [0.717, 1.165) is 41.1 Å². The van der Waals surface area contributed by atoms with Gasteiger partial charge in [0.25, 0.3) is 0 Å². The average Bonchev–Trinajstić information content (AvgIpc) is 2.77. The zero-order valence-electron chi connectivity index (χ0n) is 16.6. The van der Waals surface area contributed by atoms with E-state index in [-0.39, 0.29) is 0 Å². The van der Waals surface area contributed by atoms with Gasteiger partial charge in [-0.1, -0.05) is 49.4 Å². The number of nitrogens with one attached hydrogen (secondary N) is 1. The Bertz CT molecular complexity index is 1000. The van der Waals surface area contributed by atoms with Gasteiger partial charge in [-0.3, -0.25) is 0 Å². The summed E-state index contributed by atoms with van der Waals surface area (Å²) in [6.45, 7) is 3.42. The molecule has 0 bridgehead atoms. The van der Waals surface area contributed by atoms with Crippen molar-refractivity contribution in [3.8, 4) is 11.8 Å². The van der Waals surface area contributed by atoms with Crippen LogP contribution in [0.2, 0.25) is 0 Å². The van der Waals surface area contributed by atoms with Crippen molar-refractivity contribution in [3.63, 3.8) is 0 Å². The third-order valence-electron chi connectivity index (χ3n) is 4.46. The first-order valence-electron chi connectivity index (χ1n) is 9.72. The number of hydrogen-bond donors (Lipinski definition) is 2. The maximum atomic E-state index is 9.76. The molecular formula is C25H25N3O. The van der Waals surface area contributed by atoms with Crippen LogP contribution >= 0.6 is 0 Å². The van der Waals surface area contributed by atoms with Gasteiger partial charge < -0.3 is 15.8 Å². The van der Waals surface area contributed by atoms with Crippen molar-refractivity contribution in [2.45, 2.75) is 20.0 Å². The number of benzene rings is 3. The lowest BCUT2D eigenvalue weighted by atomic mass is 10.0. The molecular weight excluding hydrogens is 358 g/mol. The fourth-order valence-electron chi connectivity index (χ4n) is 2.92. The second-order valence-electron chi connectivity index (χ2n) is 6.74.